The van der Waals surface area contributed by atoms with Gasteiger partial charge in [-0.3, -0.25) is 14.9 Å². The van der Waals surface area contributed by atoms with E-state index in [0.29, 0.717) is 17.2 Å². The van der Waals surface area contributed by atoms with Gasteiger partial charge in [-0.1, -0.05) is 45.0 Å². The van der Waals surface area contributed by atoms with Crippen LogP contribution in [0, 0.1) is 0 Å². The average molecular weight is 367 g/mol. The van der Waals surface area contributed by atoms with Crippen molar-refractivity contribution in [2.75, 3.05) is 5.32 Å². The SMILES string of the molecule is CC(C)(C)c1ccc(Cn2cc(C(=O)Nc3nccs3)ccc2=O)cc1. The number of nitrogens with zero attached hydrogens (tertiary/aromatic N) is 2. The summed E-state index contributed by atoms with van der Waals surface area (Å²) in [5, 5.41) is 5.05. The predicted molar refractivity (Wildman–Crippen MR) is 105 cm³/mol. The Kier molecular flexibility index (Phi) is 5.04. The topological polar surface area (TPSA) is 64.0 Å². The molecule has 0 spiro atoms. The average Bonchev–Trinajstić information content (AvgIpc) is 3.09. The molecule has 0 unspecified atom stereocenters. The maximum Gasteiger partial charge on any atom is 0.258 e. The number of hydrogen-bond donors (Lipinski definition) is 1. The molecule has 1 N–H and O–H groups in total. The summed E-state index contributed by atoms with van der Waals surface area (Å²) in [5.74, 6) is -0.281. The molecule has 0 bridgehead atoms. The molecule has 0 aliphatic carbocycles. The molecule has 0 aliphatic heterocycles. The minimum atomic E-state index is -0.281. The van der Waals surface area contributed by atoms with E-state index in [1.165, 1.54) is 29.0 Å². The smallest absolute Gasteiger partial charge is 0.258 e. The first-order valence-corrected chi connectivity index (χ1v) is 9.22. The first kappa shape index (κ1) is 18.1. The Balaban J connectivity index is 1.79. The van der Waals surface area contributed by atoms with Crippen LogP contribution in [0.3, 0.4) is 0 Å². The largest absolute Gasteiger partial charge is 0.310 e. The standard InChI is InChI=1S/C20H21N3O2S/c1-20(2,3)16-7-4-14(5-8-16)12-23-13-15(6-9-17(23)24)18(25)22-19-21-10-11-26-19/h4-11,13H,12H2,1-3H3,(H,21,22,25). The van der Waals surface area contributed by atoms with Crippen molar-refractivity contribution in [3.05, 3.63) is 81.2 Å². The van der Waals surface area contributed by atoms with E-state index in [9.17, 15) is 9.59 Å². The maximum atomic E-state index is 12.3. The Labute approximate surface area is 156 Å². The highest BCUT2D eigenvalue weighted by atomic mass is 32.1. The lowest BCUT2D eigenvalue weighted by Gasteiger charge is -2.19. The van der Waals surface area contributed by atoms with Gasteiger partial charge >= 0.3 is 0 Å². The fourth-order valence-corrected chi connectivity index (χ4v) is 3.07. The van der Waals surface area contributed by atoms with Crippen LogP contribution in [0.15, 0.2) is 59.0 Å². The molecule has 0 fully saturated rings. The lowest BCUT2D eigenvalue weighted by Crippen LogP contribution is -2.22. The summed E-state index contributed by atoms with van der Waals surface area (Å²) < 4.78 is 1.54. The van der Waals surface area contributed by atoms with Crippen LogP contribution < -0.4 is 10.9 Å². The van der Waals surface area contributed by atoms with Gasteiger partial charge in [-0.05, 0) is 22.6 Å². The summed E-state index contributed by atoms with van der Waals surface area (Å²) in [4.78, 5) is 28.5. The number of benzene rings is 1. The van der Waals surface area contributed by atoms with E-state index in [1.54, 1.807) is 22.3 Å². The van der Waals surface area contributed by atoms with Crippen LogP contribution in [-0.2, 0) is 12.0 Å². The number of rotatable bonds is 4. The highest BCUT2D eigenvalue weighted by Crippen LogP contribution is 2.22. The van der Waals surface area contributed by atoms with Gasteiger partial charge in [0.05, 0.1) is 12.1 Å². The second kappa shape index (κ2) is 7.25. The molecule has 1 amide bonds. The van der Waals surface area contributed by atoms with Crippen LogP contribution in [0.25, 0.3) is 0 Å². The summed E-state index contributed by atoms with van der Waals surface area (Å²) >= 11 is 1.35. The van der Waals surface area contributed by atoms with Crippen molar-refractivity contribution in [3.8, 4) is 0 Å². The highest BCUT2D eigenvalue weighted by Gasteiger charge is 2.13. The molecule has 3 aromatic rings. The van der Waals surface area contributed by atoms with E-state index in [0.717, 1.165) is 5.56 Å². The molecule has 6 heteroatoms. The van der Waals surface area contributed by atoms with Crippen LogP contribution >= 0.6 is 11.3 Å². The van der Waals surface area contributed by atoms with Crippen LogP contribution in [0.5, 0.6) is 0 Å². The van der Waals surface area contributed by atoms with Crippen molar-refractivity contribution in [3.63, 3.8) is 0 Å². The molecular formula is C20H21N3O2S. The van der Waals surface area contributed by atoms with Gasteiger partial charge in [0.25, 0.3) is 11.5 Å². The van der Waals surface area contributed by atoms with E-state index >= 15 is 0 Å². The van der Waals surface area contributed by atoms with Crippen molar-refractivity contribution in [2.24, 2.45) is 0 Å². The second-order valence-electron chi connectivity index (χ2n) is 7.12. The van der Waals surface area contributed by atoms with E-state index in [1.807, 2.05) is 12.1 Å². The molecular weight excluding hydrogens is 346 g/mol. The molecule has 2 aromatic heterocycles. The number of amides is 1. The fourth-order valence-electron chi connectivity index (χ4n) is 2.55. The fraction of sp³-hybridized carbons (Fsp3) is 0.250. The zero-order chi connectivity index (χ0) is 18.7. The first-order chi connectivity index (χ1) is 12.3. The molecule has 0 aliphatic rings. The molecule has 0 saturated carbocycles. The number of pyridine rings is 1. The molecule has 1 aromatic carbocycles. The lowest BCUT2D eigenvalue weighted by atomic mass is 9.87. The molecule has 26 heavy (non-hydrogen) atoms. The number of nitrogens with one attached hydrogen (secondary N) is 1. The quantitative estimate of drug-likeness (QED) is 0.760. The van der Waals surface area contributed by atoms with Gasteiger partial charge < -0.3 is 4.57 Å². The third-order valence-corrected chi connectivity index (χ3v) is 4.76. The zero-order valence-electron chi connectivity index (χ0n) is 15.0. The van der Waals surface area contributed by atoms with Gasteiger partial charge in [-0.25, -0.2) is 4.98 Å². The third kappa shape index (κ3) is 4.26. The summed E-state index contributed by atoms with van der Waals surface area (Å²) in [7, 11) is 0. The molecule has 2 heterocycles. The number of thiazole rings is 1. The summed E-state index contributed by atoms with van der Waals surface area (Å²) in [6.45, 7) is 6.91. The lowest BCUT2D eigenvalue weighted by molar-refractivity contribution is 0.102. The minimum absolute atomic E-state index is 0.0865. The summed E-state index contributed by atoms with van der Waals surface area (Å²) in [6, 6.07) is 11.2. The van der Waals surface area contributed by atoms with Crippen LogP contribution in [0.1, 0.15) is 42.3 Å². The molecule has 134 valence electrons. The van der Waals surface area contributed by atoms with Crippen molar-refractivity contribution in [1.82, 2.24) is 9.55 Å². The Morgan fingerprint density at radius 3 is 2.50 bits per heavy atom. The summed E-state index contributed by atoms with van der Waals surface area (Å²) in [5.41, 5.74) is 2.62. The number of anilines is 1. The number of carbonyl (C=O) groups excluding carboxylic acids is 1. The summed E-state index contributed by atoms with van der Waals surface area (Å²) in [6.07, 6.45) is 3.21. The molecule has 0 atom stereocenters. The highest BCUT2D eigenvalue weighted by molar-refractivity contribution is 7.13. The molecule has 5 nitrogen and oxygen atoms in total. The van der Waals surface area contributed by atoms with Crippen LogP contribution in [0.4, 0.5) is 5.13 Å². The van der Waals surface area contributed by atoms with E-state index < -0.39 is 0 Å². The Bertz CT molecular complexity index is 952. The predicted octanol–water partition coefficient (Wildman–Crippen LogP) is 3.90. The Morgan fingerprint density at radius 2 is 1.88 bits per heavy atom. The number of carbonyl (C=O) groups is 1. The number of hydrogen-bond acceptors (Lipinski definition) is 4. The Hall–Kier alpha value is -2.73. The number of aromatic nitrogens is 2. The first-order valence-electron chi connectivity index (χ1n) is 8.34. The van der Waals surface area contributed by atoms with Crippen molar-refractivity contribution < 1.29 is 4.79 Å². The van der Waals surface area contributed by atoms with E-state index in [-0.39, 0.29) is 16.9 Å². The maximum absolute atomic E-state index is 12.3. The van der Waals surface area contributed by atoms with Gasteiger partial charge in [0.1, 0.15) is 0 Å². The van der Waals surface area contributed by atoms with Gasteiger partial charge in [-0.2, -0.15) is 0 Å². The van der Waals surface area contributed by atoms with Gasteiger partial charge in [0.15, 0.2) is 5.13 Å². The van der Waals surface area contributed by atoms with Gasteiger partial charge in [0.2, 0.25) is 0 Å². The van der Waals surface area contributed by atoms with Crippen molar-refractivity contribution in [1.29, 1.82) is 0 Å². The molecule has 3 rings (SSSR count). The second-order valence-corrected chi connectivity index (χ2v) is 8.02. The molecule has 0 radical (unpaired) electrons. The third-order valence-electron chi connectivity index (χ3n) is 4.07. The molecule has 0 saturated heterocycles. The van der Waals surface area contributed by atoms with Crippen LogP contribution in [-0.4, -0.2) is 15.5 Å². The monoisotopic (exact) mass is 367 g/mol. The zero-order valence-corrected chi connectivity index (χ0v) is 15.8. The van der Waals surface area contributed by atoms with Crippen molar-refractivity contribution in [2.45, 2.75) is 32.7 Å². The normalized spacial score (nSPS) is 11.3. The van der Waals surface area contributed by atoms with E-state index in [4.69, 9.17) is 0 Å². The Morgan fingerprint density at radius 1 is 1.15 bits per heavy atom. The van der Waals surface area contributed by atoms with Crippen molar-refractivity contribution >= 4 is 22.4 Å². The van der Waals surface area contributed by atoms with Gasteiger partial charge in [0, 0.05) is 23.8 Å². The van der Waals surface area contributed by atoms with Crippen LogP contribution in [0.2, 0.25) is 0 Å². The van der Waals surface area contributed by atoms with E-state index in [2.05, 4.69) is 43.2 Å². The van der Waals surface area contributed by atoms with Gasteiger partial charge in [-0.15, -0.1) is 11.3 Å². The minimum Gasteiger partial charge on any atom is -0.310 e.